The first kappa shape index (κ1) is 13.8. The first-order chi connectivity index (χ1) is 8.66. The average molecular weight is 264 g/mol. The number of nitrogens with zero attached hydrogens (tertiary/aromatic N) is 1. The Hall–Kier alpha value is -0.670. The highest BCUT2D eigenvalue weighted by molar-refractivity contribution is 7.99. The number of nitrogens with one attached hydrogen (secondary N) is 1. The lowest BCUT2D eigenvalue weighted by Crippen LogP contribution is -2.40. The van der Waals surface area contributed by atoms with Gasteiger partial charge in [0.1, 0.15) is 0 Å². The second-order valence-corrected chi connectivity index (χ2v) is 6.47. The molecule has 1 atom stereocenters. The van der Waals surface area contributed by atoms with Crippen LogP contribution in [0, 0.1) is 0 Å². The largest absolute Gasteiger partial charge is 0.367 e. The molecule has 1 saturated heterocycles. The Morgan fingerprint density at radius 2 is 2.06 bits per heavy atom. The van der Waals surface area contributed by atoms with Crippen molar-refractivity contribution in [1.82, 2.24) is 5.32 Å². The van der Waals surface area contributed by atoms with Gasteiger partial charge < -0.3 is 10.2 Å². The average Bonchev–Trinajstić information content (AvgIpc) is 2.38. The van der Waals surface area contributed by atoms with Gasteiger partial charge in [-0.1, -0.05) is 26.0 Å². The molecule has 100 valence electrons. The van der Waals surface area contributed by atoms with Crippen molar-refractivity contribution in [2.75, 3.05) is 23.0 Å². The predicted molar refractivity (Wildman–Crippen MR) is 82.6 cm³/mol. The summed E-state index contributed by atoms with van der Waals surface area (Å²) < 4.78 is 0. The Balaban J connectivity index is 1.98. The van der Waals surface area contributed by atoms with Crippen molar-refractivity contribution < 1.29 is 0 Å². The number of benzene rings is 1. The van der Waals surface area contributed by atoms with E-state index in [1.54, 1.807) is 0 Å². The topological polar surface area (TPSA) is 15.3 Å². The molecule has 1 aliphatic heterocycles. The van der Waals surface area contributed by atoms with E-state index in [-0.39, 0.29) is 0 Å². The van der Waals surface area contributed by atoms with Gasteiger partial charge in [-0.05, 0) is 24.6 Å². The minimum absolute atomic E-state index is 0.545. The third-order valence-corrected chi connectivity index (χ3v) is 4.54. The summed E-state index contributed by atoms with van der Waals surface area (Å²) in [6, 6.07) is 10.2. The number of thioether (sulfide) groups is 1. The fraction of sp³-hybridized carbons (Fsp3) is 0.600. The number of hydrogen-bond acceptors (Lipinski definition) is 3. The van der Waals surface area contributed by atoms with Crippen molar-refractivity contribution in [2.45, 2.75) is 39.4 Å². The lowest BCUT2D eigenvalue weighted by Gasteiger charge is -2.35. The summed E-state index contributed by atoms with van der Waals surface area (Å²) in [6.45, 7) is 8.82. The third-order valence-electron chi connectivity index (χ3n) is 3.35. The minimum atomic E-state index is 0.545. The molecule has 2 nitrogen and oxygen atoms in total. The van der Waals surface area contributed by atoms with Crippen LogP contribution in [0.15, 0.2) is 24.3 Å². The molecule has 0 bridgehead atoms. The van der Waals surface area contributed by atoms with Crippen molar-refractivity contribution in [2.24, 2.45) is 0 Å². The van der Waals surface area contributed by atoms with Crippen LogP contribution in [0.5, 0.6) is 0 Å². The van der Waals surface area contributed by atoms with E-state index in [2.05, 4.69) is 67.0 Å². The minimum Gasteiger partial charge on any atom is -0.367 e. The molecule has 0 aliphatic carbocycles. The van der Waals surface area contributed by atoms with E-state index in [9.17, 15) is 0 Å². The number of hydrogen-bond donors (Lipinski definition) is 1. The van der Waals surface area contributed by atoms with Gasteiger partial charge in [0.2, 0.25) is 0 Å². The fourth-order valence-electron chi connectivity index (χ4n) is 2.24. The zero-order valence-electron chi connectivity index (χ0n) is 11.6. The fourth-order valence-corrected chi connectivity index (χ4v) is 3.25. The first-order valence-corrected chi connectivity index (χ1v) is 7.99. The molecule has 0 spiro atoms. The Morgan fingerprint density at radius 1 is 1.33 bits per heavy atom. The molecule has 0 aromatic heterocycles. The molecule has 1 fully saturated rings. The molecule has 1 unspecified atom stereocenters. The number of anilines is 1. The normalized spacial score (nSPS) is 20.4. The zero-order valence-corrected chi connectivity index (χ0v) is 12.5. The molecule has 1 N–H and O–H groups in total. The Morgan fingerprint density at radius 3 is 2.67 bits per heavy atom. The van der Waals surface area contributed by atoms with Gasteiger partial charge in [-0.3, -0.25) is 0 Å². The molecule has 0 saturated carbocycles. The van der Waals surface area contributed by atoms with Crippen LogP contribution in [-0.4, -0.2) is 30.1 Å². The Kier molecular flexibility index (Phi) is 4.95. The van der Waals surface area contributed by atoms with Crippen molar-refractivity contribution in [3.05, 3.63) is 29.8 Å². The highest BCUT2D eigenvalue weighted by Crippen LogP contribution is 2.24. The molecule has 1 aromatic rings. The summed E-state index contributed by atoms with van der Waals surface area (Å²) in [5.41, 5.74) is 2.74. The van der Waals surface area contributed by atoms with Crippen molar-refractivity contribution >= 4 is 17.4 Å². The van der Waals surface area contributed by atoms with Gasteiger partial charge in [0.15, 0.2) is 0 Å². The standard InChI is InChI=1S/C15H24N2S/c1-12(2)16-10-14-4-6-15(7-5-14)17-8-9-18-11-13(17)3/h4-7,12-13,16H,8-11H2,1-3H3. The summed E-state index contributed by atoms with van der Waals surface area (Å²) in [5, 5.41) is 3.45. The van der Waals surface area contributed by atoms with E-state index >= 15 is 0 Å². The molecule has 0 amide bonds. The molecular weight excluding hydrogens is 240 g/mol. The summed E-state index contributed by atoms with van der Waals surface area (Å²) in [7, 11) is 0. The molecule has 1 heterocycles. The van der Waals surface area contributed by atoms with Crippen molar-refractivity contribution in [3.63, 3.8) is 0 Å². The van der Waals surface area contributed by atoms with E-state index in [0.29, 0.717) is 12.1 Å². The van der Waals surface area contributed by atoms with Gasteiger partial charge in [0, 0.05) is 42.4 Å². The predicted octanol–water partition coefficient (Wildman–Crippen LogP) is 3.13. The molecule has 0 radical (unpaired) electrons. The maximum atomic E-state index is 3.45. The SMILES string of the molecule is CC(C)NCc1ccc(N2CCSCC2C)cc1. The van der Waals surface area contributed by atoms with Crippen LogP contribution in [0.1, 0.15) is 26.3 Å². The first-order valence-electron chi connectivity index (χ1n) is 6.83. The summed E-state index contributed by atoms with van der Waals surface area (Å²) in [5.74, 6) is 2.50. The summed E-state index contributed by atoms with van der Waals surface area (Å²) in [6.07, 6.45) is 0. The van der Waals surface area contributed by atoms with E-state index in [4.69, 9.17) is 0 Å². The lowest BCUT2D eigenvalue weighted by atomic mass is 10.1. The second-order valence-electron chi connectivity index (χ2n) is 5.32. The van der Waals surface area contributed by atoms with E-state index < -0.39 is 0 Å². The van der Waals surface area contributed by atoms with Crippen molar-refractivity contribution in [3.8, 4) is 0 Å². The lowest BCUT2D eigenvalue weighted by molar-refractivity contribution is 0.589. The van der Waals surface area contributed by atoms with Crippen LogP contribution >= 0.6 is 11.8 Å². The molecule has 18 heavy (non-hydrogen) atoms. The zero-order chi connectivity index (χ0) is 13.0. The highest BCUT2D eigenvalue weighted by Gasteiger charge is 2.18. The van der Waals surface area contributed by atoms with E-state index in [1.165, 1.54) is 29.3 Å². The van der Waals surface area contributed by atoms with Crippen LogP contribution in [0.3, 0.4) is 0 Å². The molecule has 3 heteroatoms. The smallest absolute Gasteiger partial charge is 0.0369 e. The number of rotatable bonds is 4. The molecular formula is C15H24N2S. The van der Waals surface area contributed by atoms with E-state index in [0.717, 1.165) is 6.54 Å². The molecule has 1 aliphatic rings. The summed E-state index contributed by atoms with van der Waals surface area (Å²) in [4.78, 5) is 2.52. The van der Waals surface area contributed by atoms with Gasteiger partial charge in [-0.25, -0.2) is 0 Å². The van der Waals surface area contributed by atoms with Gasteiger partial charge in [-0.15, -0.1) is 0 Å². The Bertz CT molecular complexity index is 361. The van der Waals surface area contributed by atoms with Crippen LogP contribution in [0.25, 0.3) is 0 Å². The summed E-state index contributed by atoms with van der Waals surface area (Å²) >= 11 is 2.06. The maximum absolute atomic E-state index is 3.45. The van der Waals surface area contributed by atoms with Gasteiger partial charge >= 0.3 is 0 Å². The second kappa shape index (κ2) is 6.48. The molecule has 1 aromatic carbocycles. The molecule has 2 rings (SSSR count). The monoisotopic (exact) mass is 264 g/mol. The maximum Gasteiger partial charge on any atom is 0.0369 e. The van der Waals surface area contributed by atoms with E-state index in [1.807, 2.05) is 0 Å². The van der Waals surface area contributed by atoms with Crippen LogP contribution in [-0.2, 0) is 6.54 Å². The third kappa shape index (κ3) is 3.66. The van der Waals surface area contributed by atoms with Crippen LogP contribution in [0.4, 0.5) is 5.69 Å². The van der Waals surface area contributed by atoms with Gasteiger partial charge in [0.05, 0.1) is 0 Å². The van der Waals surface area contributed by atoms with Crippen LogP contribution in [0.2, 0.25) is 0 Å². The van der Waals surface area contributed by atoms with Gasteiger partial charge in [-0.2, -0.15) is 11.8 Å². The van der Waals surface area contributed by atoms with Gasteiger partial charge in [0.25, 0.3) is 0 Å². The van der Waals surface area contributed by atoms with Crippen LogP contribution < -0.4 is 10.2 Å². The highest BCUT2D eigenvalue weighted by atomic mass is 32.2. The Labute approximate surface area is 115 Å². The van der Waals surface area contributed by atoms with Crippen molar-refractivity contribution in [1.29, 1.82) is 0 Å². The quantitative estimate of drug-likeness (QED) is 0.899.